The molecule has 1 aromatic heterocycles. The maximum Gasteiger partial charge on any atom is 0.410 e. The van der Waals surface area contributed by atoms with E-state index in [0.717, 1.165) is 38.0 Å². The molecular formula is C15H26N4O2. The van der Waals surface area contributed by atoms with E-state index in [2.05, 4.69) is 9.55 Å². The van der Waals surface area contributed by atoms with Crippen molar-refractivity contribution in [2.75, 3.05) is 13.1 Å². The van der Waals surface area contributed by atoms with Crippen LogP contribution in [0.25, 0.3) is 0 Å². The molecule has 1 aliphatic heterocycles. The first-order valence-electron chi connectivity index (χ1n) is 7.62. The second-order valence-corrected chi connectivity index (χ2v) is 6.49. The Bertz CT molecular complexity index is 478. The van der Waals surface area contributed by atoms with Crippen molar-refractivity contribution in [1.29, 1.82) is 0 Å². The molecule has 21 heavy (non-hydrogen) atoms. The van der Waals surface area contributed by atoms with Crippen LogP contribution < -0.4 is 5.73 Å². The number of hydrogen-bond acceptors (Lipinski definition) is 4. The molecule has 118 valence electrons. The van der Waals surface area contributed by atoms with Crippen molar-refractivity contribution in [2.45, 2.75) is 58.2 Å². The van der Waals surface area contributed by atoms with Crippen LogP contribution in [0.2, 0.25) is 0 Å². The molecule has 1 aliphatic rings. The van der Waals surface area contributed by atoms with Gasteiger partial charge in [-0.2, -0.15) is 0 Å². The third-order valence-corrected chi connectivity index (χ3v) is 3.57. The van der Waals surface area contributed by atoms with E-state index in [1.54, 1.807) is 0 Å². The van der Waals surface area contributed by atoms with Gasteiger partial charge in [0.25, 0.3) is 0 Å². The number of imidazole rings is 1. The van der Waals surface area contributed by atoms with E-state index < -0.39 is 5.60 Å². The molecule has 0 saturated carbocycles. The third-order valence-electron chi connectivity index (χ3n) is 3.57. The molecule has 0 bridgehead atoms. The molecule has 2 heterocycles. The number of nitrogens with zero attached hydrogens (tertiary/aromatic N) is 3. The van der Waals surface area contributed by atoms with Crippen LogP contribution in [-0.2, 0) is 11.3 Å². The number of aryl methyl sites for hydroxylation is 1. The summed E-state index contributed by atoms with van der Waals surface area (Å²) in [6, 6.07) is 0.0557. The van der Waals surface area contributed by atoms with Gasteiger partial charge >= 0.3 is 6.09 Å². The average molecular weight is 294 g/mol. The highest BCUT2D eigenvalue weighted by atomic mass is 16.6. The summed E-state index contributed by atoms with van der Waals surface area (Å²) in [5.74, 6) is 0. The minimum Gasteiger partial charge on any atom is -0.444 e. The molecule has 2 rings (SSSR count). The van der Waals surface area contributed by atoms with Gasteiger partial charge in [0.15, 0.2) is 0 Å². The molecule has 1 amide bonds. The lowest BCUT2D eigenvalue weighted by Gasteiger charge is -2.29. The summed E-state index contributed by atoms with van der Waals surface area (Å²) < 4.78 is 7.61. The molecule has 6 nitrogen and oxygen atoms in total. The Kier molecular flexibility index (Phi) is 4.88. The van der Waals surface area contributed by atoms with Crippen molar-refractivity contribution in [3.05, 3.63) is 18.2 Å². The smallest absolute Gasteiger partial charge is 0.410 e. The molecule has 1 unspecified atom stereocenters. The quantitative estimate of drug-likeness (QED) is 0.924. The fourth-order valence-electron chi connectivity index (χ4n) is 2.67. The van der Waals surface area contributed by atoms with Gasteiger partial charge in [-0.05, 0) is 46.6 Å². The van der Waals surface area contributed by atoms with Gasteiger partial charge in [0.2, 0.25) is 0 Å². The van der Waals surface area contributed by atoms with E-state index in [-0.39, 0.29) is 12.1 Å². The highest BCUT2D eigenvalue weighted by Gasteiger charge is 2.34. The van der Waals surface area contributed by atoms with Crippen LogP contribution in [0, 0.1) is 0 Å². The van der Waals surface area contributed by atoms with Crippen LogP contribution in [-0.4, -0.2) is 39.2 Å². The van der Waals surface area contributed by atoms with E-state index in [1.165, 1.54) is 0 Å². The molecule has 0 aromatic carbocycles. The molecule has 2 N–H and O–H groups in total. The minimum absolute atomic E-state index is 0.0557. The number of likely N-dealkylation sites (tertiary alicyclic amines) is 1. The van der Waals surface area contributed by atoms with Gasteiger partial charge in [-0.1, -0.05) is 0 Å². The van der Waals surface area contributed by atoms with Crippen LogP contribution in [0.1, 0.15) is 51.8 Å². The van der Waals surface area contributed by atoms with Crippen molar-refractivity contribution < 1.29 is 9.53 Å². The molecule has 1 atom stereocenters. The largest absolute Gasteiger partial charge is 0.444 e. The van der Waals surface area contributed by atoms with Gasteiger partial charge < -0.3 is 15.0 Å². The molecule has 1 saturated heterocycles. The number of hydrogen-bond donors (Lipinski definition) is 1. The van der Waals surface area contributed by atoms with Gasteiger partial charge in [0.05, 0.1) is 24.3 Å². The van der Waals surface area contributed by atoms with E-state index in [1.807, 2.05) is 38.2 Å². The lowest BCUT2D eigenvalue weighted by atomic mass is 10.1. The maximum atomic E-state index is 12.3. The standard InChI is InChI=1S/C15H26N4O2/c1-15(2,3)21-14(20)19-9-4-6-12(19)13-10-17-11-18(13)8-5-7-16/h10-12H,4-9,16H2,1-3H3. The van der Waals surface area contributed by atoms with Crippen molar-refractivity contribution >= 4 is 6.09 Å². The Morgan fingerprint density at radius 3 is 2.95 bits per heavy atom. The number of nitrogens with two attached hydrogens (primary N) is 1. The molecule has 1 aromatic rings. The zero-order chi connectivity index (χ0) is 15.5. The van der Waals surface area contributed by atoms with Crippen molar-refractivity contribution in [3.63, 3.8) is 0 Å². The molecule has 0 aliphatic carbocycles. The highest BCUT2D eigenvalue weighted by molar-refractivity contribution is 5.69. The monoisotopic (exact) mass is 294 g/mol. The first kappa shape index (κ1) is 15.8. The fourth-order valence-corrected chi connectivity index (χ4v) is 2.67. The zero-order valence-electron chi connectivity index (χ0n) is 13.2. The van der Waals surface area contributed by atoms with Crippen LogP contribution in [0.4, 0.5) is 4.79 Å². The summed E-state index contributed by atoms with van der Waals surface area (Å²) in [7, 11) is 0. The van der Waals surface area contributed by atoms with Gasteiger partial charge in [0, 0.05) is 13.1 Å². The number of carbonyl (C=O) groups is 1. The SMILES string of the molecule is CC(C)(C)OC(=O)N1CCCC1c1cncn1CCCN. The lowest BCUT2D eigenvalue weighted by Crippen LogP contribution is -2.37. The summed E-state index contributed by atoms with van der Waals surface area (Å²) in [4.78, 5) is 18.4. The van der Waals surface area contributed by atoms with Gasteiger partial charge in [-0.15, -0.1) is 0 Å². The topological polar surface area (TPSA) is 73.4 Å². The zero-order valence-corrected chi connectivity index (χ0v) is 13.2. The summed E-state index contributed by atoms with van der Waals surface area (Å²) >= 11 is 0. The summed E-state index contributed by atoms with van der Waals surface area (Å²) in [5, 5.41) is 0. The van der Waals surface area contributed by atoms with Crippen LogP contribution in [0.3, 0.4) is 0 Å². The van der Waals surface area contributed by atoms with Crippen LogP contribution in [0.5, 0.6) is 0 Å². The highest BCUT2D eigenvalue weighted by Crippen LogP contribution is 2.33. The second kappa shape index (κ2) is 6.47. The number of amides is 1. The number of ether oxygens (including phenoxy) is 1. The Labute approximate surface area is 126 Å². The predicted octanol–water partition coefficient (Wildman–Crippen LogP) is 2.30. The summed E-state index contributed by atoms with van der Waals surface area (Å²) in [6.07, 6.45) is 6.28. The fraction of sp³-hybridized carbons (Fsp3) is 0.733. The predicted molar refractivity (Wildman–Crippen MR) is 80.8 cm³/mol. The van der Waals surface area contributed by atoms with Crippen LogP contribution in [0.15, 0.2) is 12.5 Å². The van der Waals surface area contributed by atoms with Crippen LogP contribution >= 0.6 is 0 Å². The first-order valence-corrected chi connectivity index (χ1v) is 7.62. The van der Waals surface area contributed by atoms with Gasteiger partial charge in [-0.3, -0.25) is 4.90 Å². The third kappa shape index (κ3) is 3.97. The van der Waals surface area contributed by atoms with Crippen molar-refractivity contribution in [2.24, 2.45) is 5.73 Å². The van der Waals surface area contributed by atoms with Gasteiger partial charge in [0.1, 0.15) is 5.60 Å². The number of aromatic nitrogens is 2. The Morgan fingerprint density at radius 2 is 2.29 bits per heavy atom. The van der Waals surface area contributed by atoms with E-state index in [4.69, 9.17) is 10.5 Å². The van der Waals surface area contributed by atoms with Gasteiger partial charge in [-0.25, -0.2) is 9.78 Å². The molecule has 6 heteroatoms. The van der Waals surface area contributed by atoms with E-state index >= 15 is 0 Å². The lowest BCUT2D eigenvalue weighted by molar-refractivity contribution is 0.0219. The van der Waals surface area contributed by atoms with E-state index in [9.17, 15) is 4.79 Å². The second-order valence-electron chi connectivity index (χ2n) is 6.49. The average Bonchev–Trinajstić information content (AvgIpc) is 3.02. The number of carbonyl (C=O) groups excluding carboxylic acids is 1. The maximum absolute atomic E-state index is 12.3. The molecular weight excluding hydrogens is 268 g/mol. The summed E-state index contributed by atoms with van der Waals surface area (Å²) in [6.45, 7) is 7.90. The molecule has 0 spiro atoms. The summed E-state index contributed by atoms with van der Waals surface area (Å²) in [5.41, 5.74) is 6.18. The van der Waals surface area contributed by atoms with Crippen molar-refractivity contribution in [1.82, 2.24) is 14.5 Å². The van der Waals surface area contributed by atoms with E-state index in [0.29, 0.717) is 6.54 Å². The number of rotatable bonds is 4. The Balaban J connectivity index is 2.11. The molecule has 0 radical (unpaired) electrons. The Hall–Kier alpha value is -1.56. The normalized spacial score (nSPS) is 19.0. The first-order chi connectivity index (χ1) is 9.92. The Morgan fingerprint density at radius 1 is 1.52 bits per heavy atom. The van der Waals surface area contributed by atoms with Crippen molar-refractivity contribution in [3.8, 4) is 0 Å². The minimum atomic E-state index is -0.468. The molecule has 1 fully saturated rings.